The van der Waals surface area contributed by atoms with Crippen LogP contribution >= 0.6 is 11.6 Å². The maximum atomic E-state index is 12.7. The third kappa shape index (κ3) is 5.19. The maximum absolute atomic E-state index is 12.7. The number of carbonyl (C=O) groups is 2. The molecule has 0 aliphatic rings. The molecule has 0 saturated carbocycles. The predicted molar refractivity (Wildman–Crippen MR) is 104 cm³/mol. The number of nitrogens with one attached hydrogen (secondary N) is 1. The van der Waals surface area contributed by atoms with Gasteiger partial charge in [0.2, 0.25) is 6.10 Å². The van der Waals surface area contributed by atoms with Gasteiger partial charge >= 0.3 is 5.97 Å². The van der Waals surface area contributed by atoms with Crippen molar-refractivity contribution in [3.8, 4) is 0 Å². The molecule has 0 radical (unpaired) electrons. The van der Waals surface area contributed by atoms with Gasteiger partial charge in [0.25, 0.3) is 5.91 Å². The van der Waals surface area contributed by atoms with E-state index in [2.05, 4.69) is 5.32 Å². The molecule has 3 aromatic rings. The summed E-state index contributed by atoms with van der Waals surface area (Å²) in [5.41, 5.74) is 1.84. The molecule has 0 aliphatic heterocycles. The van der Waals surface area contributed by atoms with Crippen LogP contribution in [0, 0.1) is 0 Å². The smallest absolute Gasteiger partial charge is 0.339 e. The highest BCUT2D eigenvalue weighted by Crippen LogP contribution is 2.21. The molecular formula is C22H18ClNO3. The largest absolute Gasteiger partial charge is 0.444 e. The fraction of sp³-hybridized carbons (Fsp3) is 0.0909. The van der Waals surface area contributed by atoms with E-state index in [0.29, 0.717) is 22.7 Å². The third-order valence-corrected chi connectivity index (χ3v) is 4.17. The summed E-state index contributed by atoms with van der Waals surface area (Å²) >= 11 is 5.94. The minimum Gasteiger partial charge on any atom is -0.444 e. The number of amides is 1. The van der Waals surface area contributed by atoms with Crippen molar-refractivity contribution in [1.82, 2.24) is 5.32 Å². The average molecular weight is 380 g/mol. The first-order valence-corrected chi connectivity index (χ1v) is 8.84. The van der Waals surface area contributed by atoms with Gasteiger partial charge in [-0.15, -0.1) is 0 Å². The highest BCUT2D eigenvalue weighted by atomic mass is 35.5. The quantitative estimate of drug-likeness (QED) is 0.639. The number of benzene rings is 3. The maximum Gasteiger partial charge on any atom is 0.339 e. The van der Waals surface area contributed by atoms with Crippen molar-refractivity contribution < 1.29 is 14.3 Å². The molecular weight excluding hydrogens is 362 g/mol. The van der Waals surface area contributed by atoms with Gasteiger partial charge in [0.05, 0.1) is 5.56 Å². The zero-order valence-electron chi connectivity index (χ0n) is 14.5. The Hall–Kier alpha value is -3.11. The Kier molecular flexibility index (Phi) is 6.23. The fourth-order valence-corrected chi connectivity index (χ4v) is 2.76. The summed E-state index contributed by atoms with van der Waals surface area (Å²) in [6.07, 6.45) is -1.05. The zero-order chi connectivity index (χ0) is 19.1. The first-order valence-electron chi connectivity index (χ1n) is 8.46. The summed E-state index contributed by atoms with van der Waals surface area (Å²) in [7, 11) is 0. The van der Waals surface area contributed by atoms with Gasteiger partial charge in [0.1, 0.15) is 0 Å². The Balaban J connectivity index is 1.76. The lowest BCUT2D eigenvalue weighted by Gasteiger charge is -2.18. The number of halogens is 1. The molecule has 3 aromatic carbocycles. The van der Waals surface area contributed by atoms with Crippen molar-refractivity contribution in [2.45, 2.75) is 12.6 Å². The molecule has 4 nitrogen and oxygen atoms in total. The number of carbonyl (C=O) groups excluding carboxylic acids is 2. The Morgan fingerprint density at radius 2 is 1.56 bits per heavy atom. The first kappa shape index (κ1) is 18.7. The van der Waals surface area contributed by atoms with Crippen molar-refractivity contribution in [2.75, 3.05) is 0 Å². The summed E-state index contributed by atoms with van der Waals surface area (Å²) in [4.78, 5) is 25.2. The average Bonchev–Trinajstić information content (AvgIpc) is 2.71. The highest BCUT2D eigenvalue weighted by molar-refractivity contribution is 6.30. The molecule has 5 heteroatoms. The second-order valence-corrected chi connectivity index (χ2v) is 6.35. The molecule has 0 fully saturated rings. The monoisotopic (exact) mass is 379 g/mol. The van der Waals surface area contributed by atoms with Gasteiger partial charge in [0.15, 0.2) is 0 Å². The van der Waals surface area contributed by atoms with Gasteiger partial charge in [-0.05, 0) is 23.8 Å². The van der Waals surface area contributed by atoms with Crippen LogP contribution in [0.1, 0.15) is 27.6 Å². The standard InChI is InChI=1S/C22H18ClNO3/c23-19-13-7-12-18(14-19)22(26)27-20(17-10-5-2-6-11-17)21(25)24-15-16-8-3-1-4-9-16/h1-14,20H,15H2,(H,24,25). The molecule has 0 spiro atoms. The molecule has 0 aliphatic carbocycles. The van der Waals surface area contributed by atoms with Gasteiger partial charge in [0, 0.05) is 17.1 Å². The Morgan fingerprint density at radius 3 is 2.22 bits per heavy atom. The van der Waals surface area contributed by atoms with Crippen LogP contribution in [0.5, 0.6) is 0 Å². The van der Waals surface area contributed by atoms with Crippen molar-refractivity contribution in [3.05, 3.63) is 107 Å². The minimum atomic E-state index is -1.05. The number of ether oxygens (including phenoxy) is 1. The van der Waals surface area contributed by atoms with E-state index < -0.39 is 12.1 Å². The fourth-order valence-electron chi connectivity index (χ4n) is 2.57. The summed E-state index contributed by atoms with van der Waals surface area (Å²) < 4.78 is 5.52. The first-order chi connectivity index (χ1) is 13.1. The minimum absolute atomic E-state index is 0.291. The molecule has 1 amide bonds. The van der Waals surface area contributed by atoms with E-state index in [1.807, 2.05) is 36.4 Å². The van der Waals surface area contributed by atoms with Gasteiger partial charge in [-0.2, -0.15) is 0 Å². The summed E-state index contributed by atoms with van der Waals surface area (Å²) in [5.74, 6) is -0.998. The topological polar surface area (TPSA) is 55.4 Å². The van der Waals surface area contributed by atoms with E-state index in [1.165, 1.54) is 6.07 Å². The molecule has 3 rings (SSSR count). The molecule has 0 aromatic heterocycles. The molecule has 1 unspecified atom stereocenters. The summed E-state index contributed by atoms with van der Waals surface area (Å²) in [6.45, 7) is 0.345. The lowest BCUT2D eigenvalue weighted by atomic mass is 10.1. The predicted octanol–water partition coefficient (Wildman–Crippen LogP) is 4.55. The summed E-state index contributed by atoms with van der Waals surface area (Å²) in [6, 6.07) is 24.9. The highest BCUT2D eigenvalue weighted by Gasteiger charge is 2.25. The van der Waals surface area contributed by atoms with Crippen molar-refractivity contribution >= 4 is 23.5 Å². The van der Waals surface area contributed by atoms with E-state index in [-0.39, 0.29) is 5.91 Å². The van der Waals surface area contributed by atoms with Crippen molar-refractivity contribution in [2.24, 2.45) is 0 Å². The van der Waals surface area contributed by atoms with Gasteiger partial charge in [-0.1, -0.05) is 78.3 Å². The molecule has 1 atom stereocenters. The second-order valence-electron chi connectivity index (χ2n) is 5.91. The van der Waals surface area contributed by atoms with Crippen LogP contribution in [0.2, 0.25) is 5.02 Å². The van der Waals surface area contributed by atoms with Crippen LogP contribution < -0.4 is 5.32 Å². The number of esters is 1. The van der Waals surface area contributed by atoms with E-state index in [4.69, 9.17) is 16.3 Å². The molecule has 0 saturated heterocycles. The van der Waals surface area contributed by atoms with Crippen LogP contribution in [0.3, 0.4) is 0 Å². The van der Waals surface area contributed by atoms with Gasteiger partial charge in [-0.25, -0.2) is 4.79 Å². The van der Waals surface area contributed by atoms with E-state index in [9.17, 15) is 9.59 Å². The third-order valence-electron chi connectivity index (χ3n) is 3.94. The molecule has 0 bridgehead atoms. The normalized spacial score (nSPS) is 11.4. The molecule has 0 heterocycles. The lowest BCUT2D eigenvalue weighted by molar-refractivity contribution is -0.130. The zero-order valence-corrected chi connectivity index (χ0v) is 15.2. The van der Waals surface area contributed by atoms with Crippen LogP contribution in [-0.2, 0) is 16.1 Å². The SMILES string of the molecule is O=C(OC(C(=O)NCc1ccccc1)c1ccccc1)c1cccc(Cl)c1. The van der Waals surface area contributed by atoms with Crippen LogP contribution in [-0.4, -0.2) is 11.9 Å². The lowest BCUT2D eigenvalue weighted by Crippen LogP contribution is -2.31. The Bertz CT molecular complexity index is 913. The van der Waals surface area contributed by atoms with Crippen LogP contribution in [0.4, 0.5) is 0 Å². The number of hydrogen-bond acceptors (Lipinski definition) is 3. The van der Waals surface area contributed by atoms with Crippen LogP contribution in [0.25, 0.3) is 0 Å². The number of rotatable bonds is 6. The summed E-state index contributed by atoms with van der Waals surface area (Å²) in [5, 5.41) is 3.25. The number of hydrogen-bond donors (Lipinski definition) is 1. The second kappa shape index (κ2) is 9.01. The Labute approximate surface area is 162 Å². The van der Waals surface area contributed by atoms with Gasteiger partial charge < -0.3 is 10.1 Å². The van der Waals surface area contributed by atoms with Crippen molar-refractivity contribution in [1.29, 1.82) is 0 Å². The van der Waals surface area contributed by atoms with E-state index in [0.717, 1.165) is 5.56 Å². The molecule has 1 N–H and O–H groups in total. The van der Waals surface area contributed by atoms with Crippen LogP contribution in [0.15, 0.2) is 84.9 Å². The van der Waals surface area contributed by atoms with E-state index >= 15 is 0 Å². The van der Waals surface area contributed by atoms with Crippen molar-refractivity contribution in [3.63, 3.8) is 0 Å². The Morgan fingerprint density at radius 1 is 0.889 bits per heavy atom. The molecule has 136 valence electrons. The van der Waals surface area contributed by atoms with Gasteiger partial charge in [-0.3, -0.25) is 4.79 Å². The molecule has 27 heavy (non-hydrogen) atoms. The van der Waals surface area contributed by atoms with E-state index in [1.54, 1.807) is 42.5 Å².